The van der Waals surface area contributed by atoms with Crippen LogP contribution in [-0.4, -0.2) is 38.0 Å². The topological polar surface area (TPSA) is 97.7 Å². The zero-order chi connectivity index (χ0) is 18.6. The summed E-state index contributed by atoms with van der Waals surface area (Å²) in [5, 5.41) is 14.0. The van der Waals surface area contributed by atoms with Crippen molar-refractivity contribution in [3.63, 3.8) is 0 Å². The van der Waals surface area contributed by atoms with Crippen molar-refractivity contribution in [2.45, 2.75) is 0 Å². The second kappa shape index (κ2) is 7.12. The summed E-state index contributed by atoms with van der Waals surface area (Å²) in [6.45, 7) is 0. The highest BCUT2D eigenvalue weighted by molar-refractivity contribution is 6.04. The molecule has 134 valence electrons. The molecular weight excluding hydrogens is 344 g/mol. The van der Waals surface area contributed by atoms with Gasteiger partial charge in [-0.15, -0.1) is 0 Å². The first-order chi connectivity index (χ1) is 13.2. The molecular formula is C19H16N6O2. The number of methoxy groups -OCH3 is 1. The molecule has 27 heavy (non-hydrogen) atoms. The van der Waals surface area contributed by atoms with Crippen molar-refractivity contribution in [2.24, 2.45) is 0 Å². The monoisotopic (exact) mass is 360 g/mol. The molecule has 0 saturated carbocycles. The first kappa shape index (κ1) is 16.5. The molecule has 0 radical (unpaired) electrons. The van der Waals surface area contributed by atoms with Crippen LogP contribution in [0.3, 0.4) is 0 Å². The van der Waals surface area contributed by atoms with Gasteiger partial charge in [0.25, 0.3) is 5.91 Å². The minimum atomic E-state index is -0.333. The van der Waals surface area contributed by atoms with Crippen LogP contribution in [0, 0.1) is 0 Å². The Morgan fingerprint density at radius 2 is 2.00 bits per heavy atom. The third-order valence-corrected chi connectivity index (χ3v) is 3.97. The molecule has 0 atom stereocenters. The molecule has 0 bridgehead atoms. The van der Waals surface area contributed by atoms with Crippen LogP contribution in [0.5, 0.6) is 5.75 Å². The summed E-state index contributed by atoms with van der Waals surface area (Å²) in [6.07, 6.45) is 4.95. The Kier molecular flexibility index (Phi) is 4.36. The number of hydrogen-bond donors (Lipinski definition) is 2. The Morgan fingerprint density at radius 3 is 2.74 bits per heavy atom. The van der Waals surface area contributed by atoms with Gasteiger partial charge in [-0.3, -0.25) is 14.9 Å². The minimum absolute atomic E-state index is 0.291. The number of ether oxygens (including phenoxy) is 1. The third-order valence-electron chi connectivity index (χ3n) is 3.97. The van der Waals surface area contributed by atoms with Crippen LogP contribution in [0.15, 0.2) is 67.1 Å². The van der Waals surface area contributed by atoms with E-state index in [0.29, 0.717) is 22.8 Å². The summed E-state index contributed by atoms with van der Waals surface area (Å²) in [6, 6.07) is 14.6. The van der Waals surface area contributed by atoms with Crippen molar-refractivity contribution in [3.05, 3.63) is 72.8 Å². The van der Waals surface area contributed by atoms with E-state index in [-0.39, 0.29) is 5.91 Å². The number of amides is 1. The zero-order valence-electron chi connectivity index (χ0n) is 14.5. The largest absolute Gasteiger partial charge is 0.497 e. The average Bonchev–Trinajstić information content (AvgIpc) is 3.38. The van der Waals surface area contributed by atoms with Gasteiger partial charge in [0.1, 0.15) is 11.4 Å². The molecule has 8 heteroatoms. The van der Waals surface area contributed by atoms with Crippen molar-refractivity contribution in [2.75, 3.05) is 12.4 Å². The number of carbonyl (C=O) groups is 1. The number of anilines is 1. The number of aromatic amines is 1. The molecule has 3 aromatic heterocycles. The van der Waals surface area contributed by atoms with Crippen molar-refractivity contribution in [1.82, 2.24) is 25.0 Å². The lowest BCUT2D eigenvalue weighted by molar-refractivity contribution is 0.102. The lowest BCUT2D eigenvalue weighted by atomic mass is 10.2. The quantitative estimate of drug-likeness (QED) is 0.570. The first-order valence-electron chi connectivity index (χ1n) is 8.21. The van der Waals surface area contributed by atoms with Gasteiger partial charge in [0.15, 0.2) is 5.69 Å². The molecule has 0 aliphatic carbocycles. The zero-order valence-corrected chi connectivity index (χ0v) is 14.5. The van der Waals surface area contributed by atoms with Crippen LogP contribution < -0.4 is 10.1 Å². The molecule has 0 fully saturated rings. The van der Waals surface area contributed by atoms with Crippen molar-refractivity contribution in [3.8, 4) is 22.8 Å². The smallest absolute Gasteiger partial charge is 0.276 e. The maximum absolute atomic E-state index is 12.6. The SMILES string of the molecule is COc1ccc(-n2ccc(C(=O)Nc3cn[nH]c3-c3ccccn3)n2)cc1. The number of aromatic nitrogens is 5. The number of hydrogen-bond acceptors (Lipinski definition) is 5. The highest BCUT2D eigenvalue weighted by Crippen LogP contribution is 2.23. The van der Waals surface area contributed by atoms with Gasteiger partial charge in [-0.05, 0) is 42.5 Å². The second-order valence-electron chi connectivity index (χ2n) is 5.67. The number of rotatable bonds is 5. The predicted molar refractivity (Wildman–Crippen MR) is 99.9 cm³/mol. The van der Waals surface area contributed by atoms with Crippen molar-refractivity contribution < 1.29 is 9.53 Å². The number of pyridine rings is 1. The molecule has 1 aromatic carbocycles. The fraction of sp³-hybridized carbons (Fsp3) is 0.0526. The van der Waals surface area contributed by atoms with E-state index in [1.54, 1.807) is 36.4 Å². The van der Waals surface area contributed by atoms with E-state index >= 15 is 0 Å². The van der Waals surface area contributed by atoms with E-state index in [4.69, 9.17) is 4.74 Å². The third kappa shape index (κ3) is 3.40. The van der Waals surface area contributed by atoms with Crippen LogP contribution >= 0.6 is 0 Å². The molecule has 2 N–H and O–H groups in total. The average molecular weight is 360 g/mol. The number of nitrogens with one attached hydrogen (secondary N) is 2. The maximum Gasteiger partial charge on any atom is 0.276 e. The molecule has 0 aliphatic rings. The summed E-state index contributed by atoms with van der Waals surface area (Å²) < 4.78 is 6.78. The lowest BCUT2D eigenvalue weighted by Gasteiger charge is -2.05. The fourth-order valence-electron chi connectivity index (χ4n) is 2.60. The summed E-state index contributed by atoms with van der Waals surface area (Å²) >= 11 is 0. The van der Waals surface area contributed by atoms with Gasteiger partial charge in [-0.1, -0.05) is 6.07 Å². The van der Waals surface area contributed by atoms with Gasteiger partial charge >= 0.3 is 0 Å². The first-order valence-corrected chi connectivity index (χ1v) is 8.21. The molecule has 4 rings (SSSR count). The number of carbonyl (C=O) groups excluding carboxylic acids is 1. The molecule has 4 aromatic rings. The van der Waals surface area contributed by atoms with Crippen LogP contribution in [0.2, 0.25) is 0 Å². The normalized spacial score (nSPS) is 10.6. The summed E-state index contributed by atoms with van der Waals surface area (Å²) in [7, 11) is 1.61. The highest BCUT2D eigenvalue weighted by atomic mass is 16.5. The number of H-pyrrole nitrogens is 1. The van der Waals surface area contributed by atoms with Crippen LogP contribution in [0.25, 0.3) is 17.1 Å². The standard InChI is InChI=1S/C19H16N6O2/c1-27-14-7-5-13(6-8-14)25-11-9-16(24-25)19(26)22-17-12-21-23-18(17)15-4-2-3-10-20-15/h2-12H,1H3,(H,21,23)(H,22,26). The van der Waals surface area contributed by atoms with E-state index in [1.807, 2.05) is 42.5 Å². The molecule has 1 amide bonds. The second-order valence-corrected chi connectivity index (χ2v) is 5.67. The Bertz CT molecular complexity index is 1050. The molecule has 0 unspecified atom stereocenters. The van der Waals surface area contributed by atoms with Crippen molar-refractivity contribution >= 4 is 11.6 Å². The molecule has 0 spiro atoms. The number of benzene rings is 1. The fourth-order valence-corrected chi connectivity index (χ4v) is 2.60. The number of nitrogens with zero attached hydrogens (tertiary/aromatic N) is 4. The summed E-state index contributed by atoms with van der Waals surface area (Å²) in [5.74, 6) is 0.423. The van der Waals surface area contributed by atoms with Gasteiger partial charge in [0.05, 0.1) is 30.4 Å². The Labute approximate surface area is 154 Å². The maximum atomic E-state index is 12.6. The highest BCUT2D eigenvalue weighted by Gasteiger charge is 2.15. The van der Waals surface area contributed by atoms with Gasteiger partial charge in [0, 0.05) is 12.4 Å². The van der Waals surface area contributed by atoms with Gasteiger partial charge in [0.2, 0.25) is 0 Å². The van der Waals surface area contributed by atoms with E-state index in [1.165, 1.54) is 0 Å². The summed E-state index contributed by atoms with van der Waals surface area (Å²) in [5.41, 5.74) is 2.98. The van der Waals surface area contributed by atoms with E-state index in [0.717, 1.165) is 11.4 Å². The van der Waals surface area contributed by atoms with E-state index in [2.05, 4.69) is 25.6 Å². The Balaban J connectivity index is 1.53. The van der Waals surface area contributed by atoms with E-state index < -0.39 is 0 Å². The van der Waals surface area contributed by atoms with Crippen LogP contribution in [0.1, 0.15) is 10.5 Å². The summed E-state index contributed by atoms with van der Waals surface area (Å²) in [4.78, 5) is 16.8. The predicted octanol–water partition coefficient (Wildman–Crippen LogP) is 2.92. The van der Waals surface area contributed by atoms with Gasteiger partial charge in [-0.2, -0.15) is 10.2 Å². The molecule has 0 saturated heterocycles. The van der Waals surface area contributed by atoms with Crippen LogP contribution in [-0.2, 0) is 0 Å². The van der Waals surface area contributed by atoms with Gasteiger partial charge < -0.3 is 10.1 Å². The van der Waals surface area contributed by atoms with Crippen LogP contribution in [0.4, 0.5) is 5.69 Å². The van der Waals surface area contributed by atoms with Gasteiger partial charge in [-0.25, -0.2) is 4.68 Å². The lowest BCUT2D eigenvalue weighted by Crippen LogP contribution is -2.13. The molecule has 8 nitrogen and oxygen atoms in total. The Morgan fingerprint density at radius 1 is 1.15 bits per heavy atom. The molecule has 3 heterocycles. The van der Waals surface area contributed by atoms with E-state index in [9.17, 15) is 4.79 Å². The van der Waals surface area contributed by atoms with Crippen molar-refractivity contribution in [1.29, 1.82) is 0 Å². The molecule has 0 aliphatic heterocycles. The Hall–Kier alpha value is -3.94. The minimum Gasteiger partial charge on any atom is -0.497 e.